The van der Waals surface area contributed by atoms with E-state index < -0.39 is 0 Å². The maximum Gasteiger partial charge on any atom is 0.161 e. The summed E-state index contributed by atoms with van der Waals surface area (Å²) in [5.41, 5.74) is 8.56. The highest BCUT2D eigenvalue weighted by Crippen LogP contribution is 2.27. The van der Waals surface area contributed by atoms with Crippen molar-refractivity contribution >= 4 is 17.4 Å². The molecular formula is C15H17ClN4O. The van der Waals surface area contributed by atoms with Crippen molar-refractivity contribution in [2.45, 2.75) is 13.0 Å². The number of hydrogen-bond donors (Lipinski definition) is 2. The van der Waals surface area contributed by atoms with Gasteiger partial charge >= 0.3 is 0 Å². The number of nitrogens with two attached hydrogens (primary N) is 1. The first-order valence-corrected chi connectivity index (χ1v) is 7.23. The van der Waals surface area contributed by atoms with Crippen LogP contribution in [0, 0.1) is 6.92 Å². The van der Waals surface area contributed by atoms with Crippen molar-refractivity contribution in [3.8, 4) is 11.4 Å². The summed E-state index contributed by atoms with van der Waals surface area (Å²) in [7, 11) is 0. The van der Waals surface area contributed by atoms with E-state index in [1.54, 1.807) is 6.07 Å². The van der Waals surface area contributed by atoms with Crippen LogP contribution in [0.3, 0.4) is 0 Å². The van der Waals surface area contributed by atoms with Gasteiger partial charge in [0.25, 0.3) is 0 Å². The largest absolute Gasteiger partial charge is 0.384 e. The molecule has 2 aromatic rings. The van der Waals surface area contributed by atoms with Gasteiger partial charge in [-0.2, -0.15) is 0 Å². The van der Waals surface area contributed by atoms with Crippen LogP contribution in [0.1, 0.15) is 17.3 Å². The Balaban J connectivity index is 2.00. The molecule has 1 aliphatic heterocycles. The van der Waals surface area contributed by atoms with Crippen molar-refractivity contribution in [3.05, 3.63) is 40.5 Å². The van der Waals surface area contributed by atoms with Crippen molar-refractivity contribution < 1.29 is 4.74 Å². The minimum atomic E-state index is 0.137. The van der Waals surface area contributed by atoms with Gasteiger partial charge in [-0.05, 0) is 30.7 Å². The first-order chi connectivity index (χ1) is 10.1. The molecule has 1 aromatic carbocycles. The monoisotopic (exact) mass is 304 g/mol. The lowest BCUT2D eigenvalue weighted by Gasteiger charge is -2.24. The molecule has 1 aliphatic rings. The van der Waals surface area contributed by atoms with Gasteiger partial charge in [-0.25, -0.2) is 9.97 Å². The first kappa shape index (κ1) is 14.3. The van der Waals surface area contributed by atoms with E-state index in [1.807, 2.05) is 25.1 Å². The zero-order valence-corrected chi connectivity index (χ0v) is 12.5. The molecule has 0 saturated carbocycles. The van der Waals surface area contributed by atoms with Crippen molar-refractivity contribution in [2.24, 2.45) is 0 Å². The third-order valence-corrected chi connectivity index (χ3v) is 3.59. The van der Waals surface area contributed by atoms with E-state index in [-0.39, 0.29) is 6.04 Å². The molecule has 1 unspecified atom stereocenters. The van der Waals surface area contributed by atoms with Gasteiger partial charge in [-0.15, -0.1) is 0 Å². The normalized spacial score (nSPS) is 18.7. The third-order valence-electron chi connectivity index (χ3n) is 3.38. The Bertz CT molecular complexity index is 636. The van der Waals surface area contributed by atoms with E-state index in [0.29, 0.717) is 23.3 Å². The van der Waals surface area contributed by atoms with E-state index in [2.05, 4.69) is 15.3 Å². The van der Waals surface area contributed by atoms with Crippen molar-refractivity contribution in [2.75, 3.05) is 25.5 Å². The Kier molecular flexibility index (Phi) is 4.05. The van der Waals surface area contributed by atoms with Gasteiger partial charge in [0.15, 0.2) is 5.82 Å². The number of hydrogen-bond acceptors (Lipinski definition) is 5. The molecule has 1 fully saturated rings. The molecule has 0 spiro atoms. The molecular weight excluding hydrogens is 288 g/mol. The highest BCUT2D eigenvalue weighted by Gasteiger charge is 2.17. The Hall–Kier alpha value is -1.69. The minimum absolute atomic E-state index is 0.137. The number of halogens is 1. The SMILES string of the molecule is Cc1cc(N)nc(-c2cc(Cl)cc(C3COCCN3)c2)n1. The molecule has 1 aromatic heterocycles. The van der Waals surface area contributed by atoms with Crippen LogP contribution < -0.4 is 11.1 Å². The molecule has 110 valence electrons. The van der Waals surface area contributed by atoms with Gasteiger partial charge in [0.2, 0.25) is 0 Å². The summed E-state index contributed by atoms with van der Waals surface area (Å²) in [4.78, 5) is 8.72. The summed E-state index contributed by atoms with van der Waals surface area (Å²) >= 11 is 6.24. The van der Waals surface area contributed by atoms with Crippen LogP contribution >= 0.6 is 11.6 Å². The molecule has 5 nitrogen and oxygen atoms in total. The smallest absolute Gasteiger partial charge is 0.161 e. The summed E-state index contributed by atoms with van der Waals surface area (Å²) in [6, 6.07) is 7.70. The number of aryl methyl sites for hydroxylation is 1. The minimum Gasteiger partial charge on any atom is -0.384 e. The number of nitrogen functional groups attached to an aromatic ring is 1. The molecule has 21 heavy (non-hydrogen) atoms. The van der Waals surface area contributed by atoms with Crippen molar-refractivity contribution in [1.82, 2.24) is 15.3 Å². The summed E-state index contributed by atoms with van der Waals surface area (Å²) in [5, 5.41) is 4.07. The third kappa shape index (κ3) is 3.32. The Morgan fingerprint density at radius 2 is 2.14 bits per heavy atom. The van der Waals surface area contributed by atoms with Gasteiger partial charge in [0.05, 0.1) is 19.3 Å². The molecule has 0 bridgehead atoms. The quantitative estimate of drug-likeness (QED) is 0.891. The molecule has 1 atom stereocenters. The molecule has 0 amide bonds. The molecule has 3 N–H and O–H groups in total. The number of aromatic nitrogens is 2. The van der Waals surface area contributed by atoms with E-state index in [0.717, 1.165) is 30.0 Å². The Labute approximate surface area is 128 Å². The standard InChI is InChI=1S/C15H17ClN4O/c1-9-4-14(17)20-15(19-9)11-5-10(6-12(16)7-11)13-8-21-3-2-18-13/h4-7,13,18H,2-3,8H2,1H3,(H2,17,19,20). The second-order valence-electron chi connectivity index (χ2n) is 5.11. The van der Waals surface area contributed by atoms with Crippen molar-refractivity contribution in [3.63, 3.8) is 0 Å². The molecule has 0 aliphatic carbocycles. The van der Waals surface area contributed by atoms with Gasteiger partial charge in [0, 0.05) is 28.9 Å². The number of nitrogens with zero attached hydrogens (tertiary/aromatic N) is 2. The van der Waals surface area contributed by atoms with Gasteiger partial charge in [-0.1, -0.05) is 11.6 Å². The van der Waals surface area contributed by atoms with Crippen LogP contribution in [0.5, 0.6) is 0 Å². The lowest BCUT2D eigenvalue weighted by molar-refractivity contribution is 0.0769. The molecule has 3 rings (SSSR count). The number of anilines is 1. The Morgan fingerprint density at radius 1 is 1.29 bits per heavy atom. The number of ether oxygens (including phenoxy) is 1. The van der Waals surface area contributed by atoms with Gasteiger partial charge in [0.1, 0.15) is 5.82 Å². The fraction of sp³-hybridized carbons (Fsp3) is 0.333. The van der Waals surface area contributed by atoms with Gasteiger partial charge < -0.3 is 15.8 Å². The zero-order valence-electron chi connectivity index (χ0n) is 11.8. The van der Waals surface area contributed by atoms with E-state index in [9.17, 15) is 0 Å². The van der Waals surface area contributed by atoms with E-state index in [1.165, 1.54) is 0 Å². The fourth-order valence-corrected chi connectivity index (χ4v) is 2.69. The highest BCUT2D eigenvalue weighted by molar-refractivity contribution is 6.30. The number of morpholine rings is 1. The van der Waals surface area contributed by atoms with Crippen LogP contribution in [0.4, 0.5) is 5.82 Å². The van der Waals surface area contributed by atoms with Crippen LogP contribution in [0.2, 0.25) is 5.02 Å². The molecule has 6 heteroatoms. The highest BCUT2D eigenvalue weighted by atomic mass is 35.5. The summed E-state index contributed by atoms with van der Waals surface area (Å²) in [6.07, 6.45) is 0. The van der Waals surface area contributed by atoms with Gasteiger partial charge in [-0.3, -0.25) is 0 Å². The second-order valence-corrected chi connectivity index (χ2v) is 5.55. The van der Waals surface area contributed by atoms with Crippen LogP contribution in [0.15, 0.2) is 24.3 Å². The molecule has 0 radical (unpaired) electrons. The maximum atomic E-state index is 6.24. The summed E-state index contributed by atoms with van der Waals surface area (Å²) in [5.74, 6) is 1.05. The summed E-state index contributed by atoms with van der Waals surface area (Å²) < 4.78 is 5.50. The summed E-state index contributed by atoms with van der Waals surface area (Å²) in [6.45, 7) is 4.10. The average molecular weight is 305 g/mol. The number of benzene rings is 1. The predicted molar refractivity (Wildman–Crippen MR) is 83.2 cm³/mol. The van der Waals surface area contributed by atoms with Crippen molar-refractivity contribution in [1.29, 1.82) is 0 Å². The molecule has 2 heterocycles. The fourth-order valence-electron chi connectivity index (χ4n) is 2.44. The van der Waals surface area contributed by atoms with E-state index >= 15 is 0 Å². The lowest BCUT2D eigenvalue weighted by Crippen LogP contribution is -2.34. The number of rotatable bonds is 2. The molecule has 1 saturated heterocycles. The predicted octanol–water partition coefficient (Wildman–Crippen LogP) is 2.35. The average Bonchev–Trinajstić information content (AvgIpc) is 2.46. The van der Waals surface area contributed by atoms with Crippen LogP contribution in [-0.4, -0.2) is 29.7 Å². The zero-order chi connectivity index (χ0) is 14.8. The van der Waals surface area contributed by atoms with E-state index in [4.69, 9.17) is 22.1 Å². The second kappa shape index (κ2) is 5.97. The topological polar surface area (TPSA) is 73.1 Å². The Morgan fingerprint density at radius 3 is 2.86 bits per heavy atom. The maximum absolute atomic E-state index is 6.24. The van der Waals surface area contributed by atoms with Crippen LogP contribution in [0.25, 0.3) is 11.4 Å². The number of nitrogens with one attached hydrogen (secondary N) is 1. The lowest BCUT2D eigenvalue weighted by atomic mass is 10.0. The van der Waals surface area contributed by atoms with Crippen LogP contribution in [-0.2, 0) is 4.74 Å². The first-order valence-electron chi connectivity index (χ1n) is 6.85.